The van der Waals surface area contributed by atoms with Gasteiger partial charge in [-0.05, 0) is 44.2 Å². The Kier molecular flexibility index (Phi) is 7.13. The van der Waals surface area contributed by atoms with Crippen LogP contribution in [0.15, 0.2) is 36.6 Å². The molecule has 0 aromatic heterocycles. The first kappa shape index (κ1) is 15.2. The van der Waals surface area contributed by atoms with Gasteiger partial charge in [0.1, 0.15) is 5.75 Å². The summed E-state index contributed by atoms with van der Waals surface area (Å²) in [6.45, 7) is 3.86. The van der Waals surface area contributed by atoms with E-state index in [0.717, 1.165) is 6.08 Å². The summed E-state index contributed by atoms with van der Waals surface area (Å²) in [5.41, 5.74) is 0.484. The van der Waals surface area contributed by atoms with Crippen LogP contribution < -0.4 is 39.4 Å². The molecule has 0 aliphatic heterocycles. The minimum absolute atomic E-state index is 0. The number of benzene rings is 1. The predicted octanol–water partition coefficient (Wildman–Crippen LogP) is -1.47. The van der Waals surface area contributed by atoms with Crippen molar-refractivity contribution in [1.82, 2.24) is 0 Å². The maximum Gasteiger partial charge on any atom is 1.00 e. The van der Waals surface area contributed by atoms with E-state index in [4.69, 9.17) is 4.74 Å². The molecule has 16 heavy (non-hydrogen) atoms. The Bertz CT molecular complexity index is 355. The van der Waals surface area contributed by atoms with Gasteiger partial charge in [-0.2, -0.15) is 0 Å². The maximum absolute atomic E-state index is 11.3. The van der Waals surface area contributed by atoms with E-state index >= 15 is 0 Å². The zero-order valence-corrected chi connectivity index (χ0v) is 11.8. The van der Waals surface area contributed by atoms with E-state index in [9.17, 15) is 9.90 Å². The second kappa shape index (κ2) is 7.49. The molecule has 80 valence electrons. The first-order valence-electron chi connectivity index (χ1n) is 4.73. The maximum atomic E-state index is 11.3. The van der Waals surface area contributed by atoms with E-state index in [1.165, 1.54) is 0 Å². The van der Waals surface area contributed by atoms with Crippen molar-refractivity contribution in [2.24, 2.45) is 0 Å². The fourth-order valence-corrected chi connectivity index (χ4v) is 1.13. The van der Waals surface area contributed by atoms with Crippen molar-refractivity contribution < 1.29 is 44.2 Å². The van der Waals surface area contributed by atoms with Crippen molar-refractivity contribution in [1.29, 1.82) is 0 Å². The Balaban J connectivity index is 0.00000225. The molecule has 0 fully saturated rings. The molecule has 1 rings (SSSR count). The van der Waals surface area contributed by atoms with Gasteiger partial charge in [0.15, 0.2) is 5.78 Å². The topological polar surface area (TPSA) is 49.4 Å². The average molecular weight is 228 g/mol. The molecule has 3 nitrogen and oxygen atoms in total. The summed E-state index contributed by atoms with van der Waals surface area (Å²) < 4.78 is 5.42. The van der Waals surface area contributed by atoms with Crippen molar-refractivity contribution in [2.45, 2.75) is 20.0 Å². The minimum Gasteiger partial charge on any atom is -0.878 e. The molecule has 1 aromatic carbocycles. The molecule has 0 aliphatic rings. The molecule has 0 spiro atoms. The van der Waals surface area contributed by atoms with Crippen LogP contribution in [0, 0.1) is 0 Å². The third kappa shape index (κ3) is 4.84. The van der Waals surface area contributed by atoms with E-state index in [-0.39, 0.29) is 41.4 Å². The van der Waals surface area contributed by atoms with Crippen LogP contribution in [0.25, 0.3) is 0 Å². The van der Waals surface area contributed by atoms with Crippen molar-refractivity contribution in [3.63, 3.8) is 0 Å². The van der Waals surface area contributed by atoms with Gasteiger partial charge >= 0.3 is 29.6 Å². The van der Waals surface area contributed by atoms with Crippen LogP contribution in [-0.2, 0) is 0 Å². The fraction of sp³-hybridized carbons (Fsp3) is 0.250. The minimum atomic E-state index is -0.291. The Morgan fingerprint density at radius 3 is 2.31 bits per heavy atom. The molecule has 0 atom stereocenters. The Morgan fingerprint density at radius 1 is 1.31 bits per heavy atom. The molecular weight excluding hydrogens is 215 g/mol. The number of ether oxygens (including phenoxy) is 1. The molecule has 0 heterocycles. The zero-order chi connectivity index (χ0) is 11.3. The molecule has 0 saturated heterocycles. The van der Waals surface area contributed by atoms with Gasteiger partial charge in [-0.25, -0.2) is 0 Å². The van der Waals surface area contributed by atoms with Gasteiger partial charge in [0.05, 0.1) is 6.10 Å². The molecule has 0 amide bonds. The van der Waals surface area contributed by atoms with Crippen LogP contribution in [0.1, 0.15) is 24.2 Å². The largest absolute Gasteiger partial charge is 1.00 e. The molecule has 0 saturated carbocycles. The van der Waals surface area contributed by atoms with E-state index < -0.39 is 0 Å². The normalized spacial score (nSPS) is 10.2. The third-order valence-corrected chi connectivity index (χ3v) is 1.73. The summed E-state index contributed by atoms with van der Waals surface area (Å²) in [4.78, 5) is 11.3. The van der Waals surface area contributed by atoms with Crippen LogP contribution >= 0.6 is 0 Å². The summed E-state index contributed by atoms with van der Waals surface area (Å²) in [7, 11) is 0. The average Bonchev–Trinajstić information content (AvgIpc) is 2.18. The molecule has 0 N–H and O–H groups in total. The van der Waals surface area contributed by atoms with E-state index in [1.54, 1.807) is 24.3 Å². The van der Waals surface area contributed by atoms with Gasteiger partial charge in [-0.1, -0.05) is 0 Å². The molecule has 1 aromatic rings. The first-order valence-corrected chi connectivity index (χ1v) is 4.73. The van der Waals surface area contributed by atoms with E-state index in [2.05, 4.69) is 0 Å². The van der Waals surface area contributed by atoms with Crippen molar-refractivity contribution >= 4 is 5.78 Å². The number of rotatable bonds is 4. The summed E-state index contributed by atoms with van der Waals surface area (Å²) >= 11 is 0. The number of allylic oxidation sites excluding steroid dienone is 1. The Labute approximate surface area is 117 Å². The second-order valence-corrected chi connectivity index (χ2v) is 3.36. The SMILES string of the molecule is CC(C)Oc1ccc(C(=O)C=C[O-])cc1.[Na+]. The molecule has 0 radical (unpaired) electrons. The Morgan fingerprint density at radius 2 is 1.88 bits per heavy atom. The first-order chi connectivity index (χ1) is 7.13. The summed E-state index contributed by atoms with van der Waals surface area (Å²) in [6.07, 6.45) is 1.59. The smallest absolute Gasteiger partial charge is 0.878 e. The van der Waals surface area contributed by atoms with Gasteiger partial charge < -0.3 is 9.84 Å². The van der Waals surface area contributed by atoms with Crippen LogP contribution in [0.2, 0.25) is 0 Å². The van der Waals surface area contributed by atoms with Gasteiger partial charge in [0, 0.05) is 5.56 Å². The van der Waals surface area contributed by atoms with Crippen LogP contribution in [-0.4, -0.2) is 11.9 Å². The van der Waals surface area contributed by atoms with Crippen LogP contribution in [0.4, 0.5) is 0 Å². The molecule has 0 unspecified atom stereocenters. The summed E-state index contributed by atoms with van der Waals surface area (Å²) in [5.74, 6) is 0.425. The molecular formula is C12H13NaO3. The molecule has 0 bridgehead atoms. The third-order valence-electron chi connectivity index (χ3n) is 1.73. The van der Waals surface area contributed by atoms with Crippen LogP contribution in [0.3, 0.4) is 0 Å². The summed E-state index contributed by atoms with van der Waals surface area (Å²) in [6, 6.07) is 6.71. The number of ketones is 1. The van der Waals surface area contributed by atoms with Crippen molar-refractivity contribution in [2.75, 3.05) is 0 Å². The fourth-order valence-electron chi connectivity index (χ4n) is 1.13. The van der Waals surface area contributed by atoms with Gasteiger partial charge in [0.25, 0.3) is 0 Å². The summed E-state index contributed by atoms with van der Waals surface area (Å²) in [5, 5.41) is 10.1. The number of carbonyl (C=O) groups is 1. The molecule has 4 heteroatoms. The van der Waals surface area contributed by atoms with Crippen LogP contribution in [0.5, 0.6) is 5.75 Å². The zero-order valence-electron chi connectivity index (χ0n) is 9.77. The van der Waals surface area contributed by atoms with Crippen molar-refractivity contribution in [3.05, 3.63) is 42.2 Å². The predicted molar refractivity (Wildman–Crippen MR) is 55.7 cm³/mol. The molecule has 0 aliphatic carbocycles. The monoisotopic (exact) mass is 228 g/mol. The number of carbonyl (C=O) groups excluding carboxylic acids is 1. The van der Waals surface area contributed by atoms with Crippen molar-refractivity contribution in [3.8, 4) is 5.75 Å². The second-order valence-electron chi connectivity index (χ2n) is 3.36. The quantitative estimate of drug-likeness (QED) is 0.274. The number of hydrogen-bond donors (Lipinski definition) is 0. The van der Waals surface area contributed by atoms with Gasteiger partial charge in [-0.15, -0.1) is 6.26 Å². The van der Waals surface area contributed by atoms with E-state index in [0.29, 0.717) is 17.6 Å². The Hall–Kier alpha value is -0.770. The van der Waals surface area contributed by atoms with Gasteiger partial charge in [-0.3, -0.25) is 4.79 Å². The van der Waals surface area contributed by atoms with E-state index in [1.807, 2.05) is 13.8 Å². The number of hydrogen-bond acceptors (Lipinski definition) is 3. The van der Waals surface area contributed by atoms with Gasteiger partial charge in [0.2, 0.25) is 0 Å². The standard InChI is InChI=1S/C12H14O3.Na/c1-9(2)15-11-5-3-10(4-6-11)12(14)7-8-13;/h3-9,13H,1-2H3;/q;+1/p-1.